The first-order valence-corrected chi connectivity index (χ1v) is 10.8. The second-order valence-electron chi connectivity index (χ2n) is 4.88. The minimum absolute atomic E-state index is 0.209. The molecular weight excluding hydrogens is 683 g/mol. The molecule has 0 aliphatic carbocycles. The Bertz CT molecular complexity index is 907. The number of ether oxygens (including phenoxy) is 1. The molecule has 0 bridgehead atoms. The van der Waals surface area contributed by atoms with E-state index in [1.54, 1.807) is 24.3 Å². The van der Waals surface area contributed by atoms with E-state index in [1.165, 1.54) is 0 Å². The van der Waals surface area contributed by atoms with Crippen LogP contribution in [-0.2, 0) is 4.79 Å². The molecule has 1 heterocycles. The Morgan fingerprint density at radius 1 is 1.04 bits per heavy atom. The van der Waals surface area contributed by atoms with Gasteiger partial charge in [-0.3, -0.25) is 14.9 Å². The molecule has 25 heavy (non-hydrogen) atoms. The van der Waals surface area contributed by atoms with Gasteiger partial charge in [-0.25, -0.2) is 0 Å². The van der Waals surface area contributed by atoms with Crippen molar-refractivity contribution in [1.29, 1.82) is 0 Å². The van der Waals surface area contributed by atoms with Crippen LogP contribution in [0.25, 0.3) is 6.08 Å². The first kappa shape index (κ1) is 19.2. The number of carbonyl (C=O) groups excluding carboxylic acids is 2. The van der Waals surface area contributed by atoms with Gasteiger partial charge in [0, 0.05) is 0 Å². The average Bonchev–Trinajstić information content (AvgIpc) is 2.84. The Hall–Kier alpha value is -0.540. The molecule has 0 saturated carbocycles. The SMILES string of the molecule is O=C1NC(=O)/C(=C\c2cc(I)c(Oc3ccc(O)c(I)c3)c(I)c2)S1. The van der Waals surface area contributed by atoms with E-state index in [-0.39, 0.29) is 16.9 Å². The van der Waals surface area contributed by atoms with Gasteiger partial charge in [-0.2, -0.15) is 0 Å². The summed E-state index contributed by atoms with van der Waals surface area (Å²) in [4.78, 5) is 23.3. The number of amides is 2. The number of aromatic hydroxyl groups is 1. The maximum atomic E-state index is 11.7. The smallest absolute Gasteiger partial charge is 0.290 e. The van der Waals surface area contributed by atoms with Gasteiger partial charge in [0.15, 0.2) is 5.75 Å². The number of nitrogens with one attached hydrogen (secondary N) is 1. The highest BCUT2D eigenvalue weighted by molar-refractivity contribution is 14.1. The van der Waals surface area contributed by atoms with Gasteiger partial charge in [-0.05, 0) is 122 Å². The third kappa shape index (κ3) is 4.60. The molecule has 1 saturated heterocycles. The molecule has 5 nitrogen and oxygen atoms in total. The second-order valence-corrected chi connectivity index (χ2v) is 9.38. The van der Waals surface area contributed by atoms with E-state index in [2.05, 4.69) is 50.5 Å². The average molecular weight is 691 g/mol. The summed E-state index contributed by atoms with van der Waals surface area (Å²) in [7, 11) is 0. The predicted octanol–water partition coefficient (Wildman–Crippen LogP) is 5.32. The molecule has 2 aromatic carbocycles. The van der Waals surface area contributed by atoms with Gasteiger partial charge >= 0.3 is 0 Å². The Morgan fingerprint density at radius 2 is 1.72 bits per heavy atom. The number of hydrogen-bond donors (Lipinski definition) is 2. The van der Waals surface area contributed by atoms with Crippen LogP contribution in [0.3, 0.4) is 0 Å². The quantitative estimate of drug-likeness (QED) is 0.337. The third-order valence-electron chi connectivity index (χ3n) is 3.10. The topological polar surface area (TPSA) is 75.6 Å². The molecule has 0 atom stereocenters. The molecule has 1 aliphatic rings. The zero-order valence-electron chi connectivity index (χ0n) is 12.2. The van der Waals surface area contributed by atoms with E-state index < -0.39 is 0 Å². The second kappa shape index (κ2) is 8.00. The van der Waals surface area contributed by atoms with Crippen LogP contribution >= 0.6 is 79.5 Å². The minimum atomic E-state index is -0.376. The zero-order chi connectivity index (χ0) is 18.1. The summed E-state index contributed by atoms with van der Waals surface area (Å²) in [5.41, 5.74) is 0.814. The molecule has 2 aromatic rings. The number of benzene rings is 2. The van der Waals surface area contributed by atoms with Crippen molar-refractivity contribution in [2.45, 2.75) is 0 Å². The summed E-state index contributed by atoms with van der Waals surface area (Å²) < 4.78 is 8.39. The van der Waals surface area contributed by atoms with Crippen LogP contribution in [0.1, 0.15) is 5.56 Å². The van der Waals surface area contributed by atoms with Gasteiger partial charge in [0.1, 0.15) is 11.5 Å². The molecule has 0 spiro atoms. The lowest BCUT2D eigenvalue weighted by atomic mass is 10.2. The maximum Gasteiger partial charge on any atom is 0.290 e. The van der Waals surface area contributed by atoms with Crippen LogP contribution in [0, 0.1) is 10.7 Å². The first-order valence-electron chi connectivity index (χ1n) is 6.74. The molecule has 128 valence electrons. The molecule has 0 radical (unpaired) electrons. The normalized spacial score (nSPS) is 15.6. The number of phenols is 1. The van der Waals surface area contributed by atoms with Crippen LogP contribution < -0.4 is 10.1 Å². The summed E-state index contributed by atoms with van der Waals surface area (Å²) in [6, 6.07) is 8.80. The van der Waals surface area contributed by atoms with Crippen LogP contribution in [0.4, 0.5) is 4.79 Å². The fraction of sp³-hybridized carbons (Fsp3) is 0. The molecule has 3 rings (SSSR count). The highest BCUT2D eigenvalue weighted by Gasteiger charge is 2.25. The fourth-order valence-electron chi connectivity index (χ4n) is 2.00. The predicted molar refractivity (Wildman–Crippen MR) is 122 cm³/mol. The van der Waals surface area contributed by atoms with E-state index in [9.17, 15) is 14.7 Å². The molecule has 0 unspecified atom stereocenters. The van der Waals surface area contributed by atoms with Gasteiger partial charge in [-0.1, -0.05) is 0 Å². The van der Waals surface area contributed by atoms with Gasteiger partial charge in [0.05, 0.1) is 15.6 Å². The number of hydrogen-bond acceptors (Lipinski definition) is 5. The van der Waals surface area contributed by atoms with Crippen LogP contribution in [0.5, 0.6) is 17.2 Å². The van der Waals surface area contributed by atoms with E-state index in [0.29, 0.717) is 20.0 Å². The molecule has 9 heteroatoms. The summed E-state index contributed by atoms with van der Waals surface area (Å²) in [5, 5.41) is 11.5. The first-order chi connectivity index (χ1) is 11.8. The van der Waals surface area contributed by atoms with Crippen molar-refractivity contribution in [2.24, 2.45) is 0 Å². The van der Waals surface area contributed by atoms with Gasteiger partial charge in [0.25, 0.3) is 11.1 Å². The highest BCUT2D eigenvalue weighted by atomic mass is 127. The standard InChI is InChI=1S/C16H8I3NO4S/c17-9-6-8(1-2-12(9)21)24-14-10(18)3-7(4-11(14)19)5-13-15(22)20-16(23)25-13/h1-6,21H,(H,20,22,23)/b13-5+. The Kier molecular flexibility index (Phi) is 6.15. The number of halogens is 3. The molecule has 1 aliphatic heterocycles. The van der Waals surface area contributed by atoms with Gasteiger partial charge in [-0.15, -0.1) is 0 Å². The van der Waals surface area contributed by atoms with Crippen molar-refractivity contribution in [3.63, 3.8) is 0 Å². The van der Waals surface area contributed by atoms with E-state index in [0.717, 1.165) is 24.5 Å². The minimum Gasteiger partial charge on any atom is -0.507 e. The summed E-state index contributed by atoms with van der Waals surface area (Å²) in [6.07, 6.45) is 1.68. The molecular formula is C16H8I3NO4S. The number of rotatable bonds is 3. The fourth-order valence-corrected chi connectivity index (χ4v) is 5.21. The number of thioether (sulfide) groups is 1. The third-order valence-corrected chi connectivity index (χ3v) is 6.38. The van der Waals surface area contributed by atoms with Crippen molar-refractivity contribution in [2.75, 3.05) is 0 Å². The Labute approximate surface area is 188 Å². The van der Waals surface area contributed by atoms with Crippen molar-refractivity contribution in [3.05, 3.63) is 51.5 Å². The van der Waals surface area contributed by atoms with E-state index >= 15 is 0 Å². The zero-order valence-corrected chi connectivity index (χ0v) is 19.5. The lowest BCUT2D eigenvalue weighted by molar-refractivity contribution is -0.115. The Balaban J connectivity index is 1.90. The summed E-state index contributed by atoms with van der Waals surface area (Å²) in [6.45, 7) is 0. The van der Waals surface area contributed by atoms with Crippen LogP contribution in [0.2, 0.25) is 0 Å². The molecule has 2 amide bonds. The van der Waals surface area contributed by atoms with Crippen molar-refractivity contribution >= 4 is 96.8 Å². The molecule has 0 aromatic heterocycles. The number of carbonyl (C=O) groups is 2. The maximum absolute atomic E-state index is 11.7. The number of phenolic OH excluding ortho intramolecular Hbond substituents is 1. The molecule has 1 fully saturated rings. The number of imide groups is 1. The lowest BCUT2D eigenvalue weighted by Crippen LogP contribution is -2.17. The van der Waals surface area contributed by atoms with Crippen molar-refractivity contribution in [1.82, 2.24) is 5.32 Å². The van der Waals surface area contributed by atoms with Gasteiger partial charge < -0.3 is 9.84 Å². The van der Waals surface area contributed by atoms with Crippen molar-refractivity contribution in [3.8, 4) is 17.2 Å². The van der Waals surface area contributed by atoms with Crippen LogP contribution in [0.15, 0.2) is 35.2 Å². The highest BCUT2D eigenvalue weighted by Crippen LogP contribution is 2.36. The van der Waals surface area contributed by atoms with Crippen LogP contribution in [-0.4, -0.2) is 16.3 Å². The van der Waals surface area contributed by atoms with E-state index in [4.69, 9.17) is 4.74 Å². The largest absolute Gasteiger partial charge is 0.507 e. The summed E-state index contributed by atoms with van der Waals surface area (Å²) in [5.74, 6) is 1.16. The summed E-state index contributed by atoms with van der Waals surface area (Å²) >= 11 is 7.26. The van der Waals surface area contributed by atoms with E-state index in [1.807, 2.05) is 34.7 Å². The van der Waals surface area contributed by atoms with Crippen molar-refractivity contribution < 1.29 is 19.4 Å². The molecule has 2 N–H and O–H groups in total. The van der Waals surface area contributed by atoms with Gasteiger partial charge in [0.2, 0.25) is 0 Å². The Morgan fingerprint density at radius 3 is 2.28 bits per heavy atom. The monoisotopic (exact) mass is 691 g/mol. The lowest BCUT2D eigenvalue weighted by Gasteiger charge is -2.12.